The summed E-state index contributed by atoms with van der Waals surface area (Å²) < 4.78 is 2.21. The molecule has 1 fully saturated rings. The van der Waals surface area contributed by atoms with Crippen LogP contribution in [0.25, 0.3) is 0 Å². The number of aromatic nitrogens is 3. The minimum atomic E-state index is 0.351. The van der Waals surface area contributed by atoms with Crippen molar-refractivity contribution in [3.8, 4) is 0 Å². The van der Waals surface area contributed by atoms with Crippen LogP contribution in [0.3, 0.4) is 0 Å². The van der Waals surface area contributed by atoms with Gasteiger partial charge in [-0.2, -0.15) is 0 Å². The molecule has 1 atom stereocenters. The zero-order valence-corrected chi connectivity index (χ0v) is 15.7. The normalized spacial score (nSPS) is 19.7. The second-order valence-corrected chi connectivity index (χ2v) is 7.21. The molecule has 3 heterocycles. The molecule has 0 radical (unpaired) electrons. The summed E-state index contributed by atoms with van der Waals surface area (Å²) in [6.45, 7) is 3.59. The van der Waals surface area contributed by atoms with Crippen LogP contribution in [0.2, 0.25) is 5.02 Å². The number of guanidine groups is 1. The van der Waals surface area contributed by atoms with Gasteiger partial charge >= 0.3 is 0 Å². The van der Waals surface area contributed by atoms with E-state index < -0.39 is 0 Å². The molecule has 8 heteroatoms. The predicted molar refractivity (Wildman–Crippen MR) is 104 cm³/mol. The molecule has 2 N–H and O–H groups in total. The number of aliphatic imine (C=N–C) groups is 1. The van der Waals surface area contributed by atoms with Gasteiger partial charge in [-0.1, -0.05) is 17.7 Å². The SMILES string of the molecule is CN=C(NCc1nnc2n1CCC2)NC1CCN(c2cccc(Cl)c2)C1. The van der Waals surface area contributed by atoms with E-state index in [-0.39, 0.29) is 0 Å². The zero-order valence-electron chi connectivity index (χ0n) is 15.0. The van der Waals surface area contributed by atoms with Gasteiger partial charge in [0.15, 0.2) is 11.8 Å². The molecule has 2 aromatic rings. The molecule has 26 heavy (non-hydrogen) atoms. The van der Waals surface area contributed by atoms with Crippen LogP contribution < -0.4 is 15.5 Å². The number of benzene rings is 1. The summed E-state index contributed by atoms with van der Waals surface area (Å²) in [5.74, 6) is 2.88. The van der Waals surface area contributed by atoms with E-state index >= 15 is 0 Å². The molecule has 0 amide bonds. The van der Waals surface area contributed by atoms with E-state index in [1.807, 2.05) is 18.2 Å². The molecule has 2 aliphatic heterocycles. The summed E-state index contributed by atoms with van der Waals surface area (Å²) in [6, 6.07) is 8.37. The Hall–Kier alpha value is -2.28. The summed E-state index contributed by atoms with van der Waals surface area (Å²) in [4.78, 5) is 6.70. The monoisotopic (exact) mass is 373 g/mol. The maximum Gasteiger partial charge on any atom is 0.191 e. The first kappa shape index (κ1) is 17.1. The molecule has 138 valence electrons. The number of halogens is 1. The Bertz CT molecular complexity index is 801. The Morgan fingerprint density at radius 3 is 3.12 bits per heavy atom. The summed E-state index contributed by atoms with van der Waals surface area (Å²) in [5, 5.41) is 16.2. The highest BCUT2D eigenvalue weighted by Gasteiger charge is 2.24. The Balaban J connectivity index is 1.31. The third-order valence-corrected chi connectivity index (χ3v) is 5.26. The lowest BCUT2D eigenvalue weighted by Gasteiger charge is -2.20. The minimum absolute atomic E-state index is 0.351. The first-order chi connectivity index (χ1) is 12.7. The molecule has 1 aromatic heterocycles. The quantitative estimate of drug-likeness (QED) is 0.632. The van der Waals surface area contributed by atoms with Crippen LogP contribution in [0.5, 0.6) is 0 Å². The standard InChI is InChI=1S/C18H24ClN7/c1-20-18(21-11-17-24-23-16-6-3-8-26(16)17)22-14-7-9-25(12-14)15-5-2-4-13(19)10-15/h2,4-5,10,14H,3,6-9,11-12H2,1H3,(H2,20,21,22). The molecule has 4 rings (SSSR count). The van der Waals surface area contributed by atoms with E-state index in [1.165, 1.54) is 5.69 Å². The molecule has 0 aliphatic carbocycles. The lowest BCUT2D eigenvalue weighted by Crippen LogP contribution is -2.44. The van der Waals surface area contributed by atoms with Gasteiger partial charge in [-0.25, -0.2) is 0 Å². The van der Waals surface area contributed by atoms with Crippen LogP contribution in [0, 0.1) is 0 Å². The van der Waals surface area contributed by atoms with E-state index in [1.54, 1.807) is 7.05 Å². The maximum atomic E-state index is 6.11. The van der Waals surface area contributed by atoms with Gasteiger partial charge in [0.25, 0.3) is 0 Å². The Morgan fingerprint density at radius 1 is 1.35 bits per heavy atom. The fourth-order valence-electron chi connectivity index (χ4n) is 3.68. The lowest BCUT2D eigenvalue weighted by molar-refractivity contribution is 0.630. The topological polar surface area (TPSA) is 70.4 Å². The fourth-order valence-corrected chi connectivity index (χ4v) is 3.86. The minimum Gasteiger partial charge on any atom is -0.369 e. The van der Waals surface area contributed by atoms with Gasteiger partial charge in [0.1, 0.15) is 5.82 Å². The second-order valence-electron chi connectivity index (χ2n) is 6.77. The highest BCUT2D eigenvalue weighted by molar-refractivity contribution is 6.30. The van der Waals surface area contributed by atoms with Gasteiger partial charge < -0.3 is 20.1 Å². The van der Waals surface area contributed by atoms with Crippen LogP contribution in [0.15, 0.2) is 29.3 Å². The molecule has 1 aromatic carbocycles. The number of rotatable bonds is 4. The zero-order chi connectivity index (χ0) is 17.9. The molecular formula is C18H24ClN7. The summed E-state index contributed by atoms with van der Waals surface area (Å²) >= 11 is 6.11. The van der Waals surface area contributed by atoms with Crippen molar-refractivity contribution in [1.82, 2.24) is 25.4 Å². The van der Waals surface area contributed by atoms with Crippen molar-refractivity contribution in [3.63, 3.8) is 0 Å². The smallest absolute Gasteiger partial charge is 0.191 e. The molecular weight excluding hydrogens is 350 g/mol. The predicted octanol–water partition coefficient (Wildman–Crippen LogP) is 1.82. The fraction of sp³-hybridized carbons (Fsp3) is 0.500. The van der Waals surface area contributed by atoms with Crippen LogP contribution in [-0.4, -0.2) is 46.9 Å². The van der Waals surface area contributed by atoms with Crippen molar-refractivity contribution in [1.29, 1.82) is 0 Å². The summed E-state index contributed by atoms with van der Waals surface area (Å²) in [5.41, 5.74) is 1.17. The number of anilines is 1. The lowest BCUT2D eigenvalue weighted by atomic mass is 10.3. The molecule has 0 bridgehead atoms. The van der Waals surface area contributed by atoms with E-state index in [9.17, 15) is 0 Å². The first-order valence-electron chi connectivity index (χ1n) is 9.11. The van der Waals surface area contributed by atoms with E-state index in [0.717, 1.165) is 61.5 Å². The molecule has 0 spiro atoms. The van der Waals surface area contributed by atoms with Gasteiger partial charge in [0, 0.05) is 49.9 Å². The number of hydrogen-bond acceptors (Lipinski definition) is 4. The molecule has 2 aliphatic rings. The Kier molecular flexibility index (Phi) is 4.97. The maximum absolute atomic E-state index is 6.11. The van der Waals surface area contributed by atoms with Gasteiger partial charge in [-0.15, -0.1) is 10.2 Å². The second kappa shape index (κ2) is 7.53. The highest BCUT2D eigenvalue weighted by atomic mass is 35.5. The van der Waals surface area contributed by atoms with Crippen molar-refractivity contribution in [2.24, 2.45) is 4.99 Å². The average Bonchev–Trinajstić information content (AvgIpc) is 3.36. The Morgan fingerprint density at radius 2 is 2.27 bits per heavy atom. The number of hydrogen-bond donors (Lipinski definition) is 2. The van der Waals surface area contributed by atoms with Gasteiger partial charge in [-0.05, 0) is 31.0 Å². The van der Waals surface area contributed by atoms with Crippen molar-refractivity contribution >= 4 is 23.2 Å². The molecule has 7 nitrogen and oxygen atoms in total. The van der Waals surface area contributed by atoms with Crippen molar-refractivity contribution in [2.45, 2.75) is 38.4 Å². The largest absolute Gasteiger partial charge is 0.369 e. The van der Waals surface area contributed by atoms with Crippen LogP contribution in [-0.2, 0) is 19.5 Å². The Labute approximate surface area is 158 Å². The van der Waals surface area contributed by atoms with Crippen molar-refractivity contribution in [3.05, 3.63) is 40.9 Å². The third-order valence-electron chi connectivity index (χ3n) is 5.03. The van der Waals surface area contributed by atoms with E-state index in [0.29, 0.717) is 12.6 Å². The third kappa shape index (κ3) is 3.62. The number of fused-ring (bicyclic) bond motifs is 1. The van der Waals surface area contributed by atoms with Crippen LogP contribution >= 0.6 is 11.6 Å². The van der Waals surface area contributed by atoms with Crippen LogP contribution in [0.4, 0.5) is 5.69 Å². The molecule has 1 saturated heterocycles. The molecule has 1 unspecified atom stereocenters. The highest BCUT2D eigenvalue weighted by Crippen LogP contribution is 2.23. The number of nitrogens with one attached hydrogen (secondary N) is 2. The van der Waals surface area contributed by atoms with Crippen molar-refractivity contribution in [2.75, 3.05) is 25.0 Å². The first-order valence-corrected chi connectivity index (χ1v) is 9.49. The van der Waals surface area contributed by atoms with E-state index in [4.69, 9.17) is 11.6 Å². The van der Waals surface area contributed by atoms with Gasteiger partial charge in [0.2, 0.25) is 0 Å². The van der Waals surface area contributed by atoms with E-state index in [2.05, 4.69) is 41.4 Å². The molecule has 0 saturated carbocycles. The van der Waals surface area contributed by atoms with Crippen LogP contribution in [0.1, 0.15) is 24.5 Å². The van der Waals surface area contributed by atoms with Gasteiger partial charge in [-0.3, -0.25) is 4.99 Å². The van der Waals surface area contributed by atoms with Crippen molar-refractivity contribution < 1.29 is 0 Å². The van der Waals surface area contributed by atoms with Gasteiger partial charge in [0.05, 0.1) is 6.54 Å². The number of nitrogens with zero attached hydrogens (tertiary/aromatic N) is 5. The number of aryl methyl sites for hydroxylation is 1. The summed E-state index contributed by atoms with van der Waals surface area (Å²) in [6.07, 6.45) is 3.25. The summed E-state index contributed by atoms with van der Waals surface area (Å²) in [7, 11) is 1.80. The average molecular weight is 374 g/mol.